The number of hydrogen-bond donors (Lipinski definition) is 3. The van der Waals surface area contributed by atoms with Crippen LogP contribution >= 0.6 is 0 Å². The van der Waals surface area contributed by atoms with Crippen molar-refractivity contribution >= 4 is 5.91 Å². The SMILES string of the molecule is CC(=O)NCCNCc1oc(=N)oc1C. The Bertz CT molecular complexity index is 380. The Labute approximate surface area is 87.2 Å². The smallest absolute Gasteiger partial charge is 0.391 e. The lowest BCUT2D eigenvalue weighted by atomic mass is 10.4. The fourth-order valence-electron chi connectivity index (χ4n) is 1.09. The third-order valence-corrected chi connectivity index (χ3v) is 1.82. The van der Waals surface area contributed by atoms with Crippen LogP contribution in [0.4, 0.5) is 0 Å². The Morgan fingerprint density at radius 1 is 1.40 bits per heavy atom. The van der Waals surface area contributed by atoms with Crippen LogP contribution in [-0.2, 0) is 11.3 Å². The molecule has 1 amide bonds. The Morgan fingerprint density at radius 3 is 2.67 bits per heavy atom. The molecule has 0 saturated heterocycles. The maximum atomic E-state index is 10.5. The molecule has 6 heteroatoms. The normalized spacial score (nSPS) is 10.3. The summed E-state index contributed by atoms with van der Waals surface area (Å²) in [5, 5.41) is 12.8. The van der Waals surface area contributed by atoms with E-state index in [-0.39, 0.29) is 11.7 Å². The Balaban J connectivity index is 2.23. The van der Waals surface area contributed by atoms with Crippen LogP contribution in [0.3, 0.4) is 0 Å². The van der Waals surface area contributed by atoms with Gasteiger partial charge in [-0.3, -0.25) is 4.79 Å². The molecule has 0 aliphatic heterocycles. The van der Waals surface area contributed by atoms with Crippen molar-refractivity contribution in [3.63, 3.8) is 0 Å². The van der Waals surface area contributed by atoms with E-state index in [1.807, 2.05) is 0 Å². The summed E-state index contributed by atoms with van der Waals surface area (Å²) in [7, 11) is 0. The second kappa shape index (κ2) is 5.35. The average Bonchev–Trinajstić information content (AvgIpc) is 2.44. The second-order valence-electron chi connectivity index (χ2n) is 3.13. The van der Waals surface area contributed by atoms with Gasteiger partial charge in [0.2, 0.25) is 5.91 Å². The van der Waals surface area contributed by atoms with E-state index >= 15 is 0 Å². The molecule has 3 N–H and O–H groups in total. The highest BCUT2D eigenvalue weighted by atomic mass is 16.5. The van der Waals surface area contributed by atoms with Crippen molar-refractivity contribution in [2.45, 2.75) is 20.4 Å². The molecule has 1 heterocycles. The molecule has 0 saturated carbocycles. The lowest BCUT2D eigenvalue weighted by Crippen LogP contribution is -2.29. The quantitative estimate of drug-likeness (QED) is 0.595. The van der Waals surface area contributed by atoms with Crippen molar-refractivity contribution < 1.29 is 13.6 Å². The zero-order chi connectivity index (χ0) is 11.3. The highest BCUT2D eigenvalue weighted by Crippen LogP contribution is 2.02. The minimum atomic E-state index is -0.189. The Kier molecular flexibility index (Phi) is 4.11. The monoisotopic (exact) mass is 213 g/mol. The molecule has 0 unspecified atom stereocenters. The number of hydrogen-bond acceptors (Lipinski definition) is 5. The van der Waals surface area contributed by atoms with E-state index in [1.54, 1.807) is 6.92 Å². The van der Waals surface area contributed by atoms with Gasteiger partial charge in [0.25, 0.3) is 0 Å². The summed E-state index contributed by atoms with van der Waals surface area (Å²) in [5.41, 5.74) is 0. The van der Waals surface area contributed by atoms with E-state index < -0.39 is 0 Å². The molecule has 0 radical (unpaired) electrons. The number of rotatable bonds is 5. The van der Waals surface area contributed by atoms with Crippen molar-refractivity contribution in [2.24, 2.45) is 0 Å². The van der Waals surface area contributed by atoms with E-state index in [1.165, 1.54) is 6.92 Å². The van der Waals surface area contributed by atoms with Crippen LogP contribution in [0.25, 0.3) is 0 Å². The molecule has 1 rings (SSSR count). The fourth-order valence-corrected chi connectivity index (χ4v) is 1.09. The molecular weight excluding hydrogens is 198 g/mol. The van der Waals surface area contributed by atoms with Gasteiger partial charge in [0.05, 0.1) is 6.54 Å². The number of aryl methyl sites for hydroxylation is 1. The summed E-state index contributed by atoms with van der Waals surface area (Å²) in [6.45, 7) is 4.93. The summed E-state index contributed by atoms with van der Waals surface area (Å²) < 4.78 is 9.89. The molecule has 0 spiro atoms. The molecule has 0 aliphatic rings. The third kappa shape index (κ3) is 3.99. The van der Waals surface area contributed by atoms with Crippen LogP contribution < -0.4 is 16.4 Å². The third-order valence-electron chi connectivity index (χ3n) is 1.82. The molecule has 0 bridgehead atoms. The molecule has 0 fully saturated rings. The minimum absolute atomic E-state index is 0.0468. The molecule has 15 heavy (non-hydrogen) atoms. The lowest BCUT2D eigenvalue weighted by molar-refractivity contribution is -0.118. The summed E-state index contributed by atoms with van der Waals surface area (Å²) >= 11 is 0. The summed E-state index contributed by atoms with van der Waals surface area (Å²) in [4.78, 5) is 10.5. The van der Waals surface area contributed by atoms with Crippen molar-refractivity contribution in [1.82, 2.24) is 10.6 Å². The van der Waals surface area contributed by atoms with Gasteiger partial charge in [-0.1, -0.05) is 0 Å². The predicted octanol–water partition coefficient (Wildman–Crippen LogP) is -0.114. The largest absolute Gasteiger partial charge is 0.413 e. The fraction of sp³-hybridized carbons (Fsp3) is 0.556. The first-order valence-electron chi connectivity index (χ1n) is 4.68. The van der Waals surface area contributed by atoms with Crippen LogP contribution in [0.5, 0.6) is 0 Å². The number of amides is 1. The van der Waals surface area contributed by atoms with E-state index in [0.29, 0.717) is 31.2 Å². The van der Waals surface area contributed by atoms with Crippen molar-refractivity contribution in [2.75, 3.05) is 13.1 Å². The van der Waals surface area contributed by atoms with Crippen molar-refractivity contribution in [3.05, 3.63) is 17.3 Å². The topological polar surface area (TPSA) is 91.3 Å². The first-order valence-corrected chi connectivity index (χ1v) is 4.68. The number of carbonyl (C=O) groups excluding carboxylic acids is 1. The molecule has 0 aliphatic carbocycles. The van der Waals surface area contributed by atoms with Gasteiger partial charge in [0.15, 0.2) is 5.76 Å². The van der Waals surface area contributed by atoms with Gasteiger partial charge in [0.1, 0.15) is 5.76 Å². The molecule has 0 atom stereocenters. The predicted molar refractivity (Wildman–Crippen MR) is 52.0 cm³/mol. The minimum Gasteiger partial charge on any atom is -0.413 e. The zero-order valence-corrected chi connectivity index (χ0v) is 8.85. The maximum absolute atomic E-state index is 10.5. The Morgan fingerprint density at radius 2 is 2.13 bits per heavy atom. The summed E-state index contributed by atoms with van der Waals surface area (Å²) in [5.74, 6) is 0.982. The highest BCUT2D eigenvalue weighted by Gasteiger charge is 2.05. The molecule has 1 aromatic heterocycles. The molecular formula is C9H15N3O3. The van der Waals surface area contributed by atoms with Crippen molar-refractivity contribution in [1.29, 1.82) is 5.41 Å². The zero-order valence-electron chi connectivity index (χ0n) is 8.85. The molecule has 1 aromatic rings. The first-order chi connectivity index (χ1) is 7.09. The second-order valence-corrected chi connectivity index (χ2v) is 3.13. The molecule has 84 valence electrons. The highest BCUT2D eigenvalue weighted by molar-refractivity contribution is 5.72. The van der Waals surface area contributed by atoms with E-state index in [0.717, 1.165) is 0 Å². The number of nitrogens with one attached hydrogen (secondary N) is 3. The average molecular weight is 213 g/mol. The summed E-state index contributed by atoms with van der Waals surface area (Å²) in [6, 6.07) is 0. The maximum Gasteiger partial charge on any atom is 0.391 e. The standard InChI is InChI=1S/C9H15N3O3/c1-6-8(15-9(10)14-6)5-11-3-4-12-7(2)13/h10-11H,3-5H2,1-2H3,(H,12,13). The van der Waals surface area contributed by atoms with Crippen LogP contribution in [0.2, 0.25) is 0 Å². The number of carbonyl (C=O) groups is 1. The van der Waals surface area contributed by atoms with E-state index in [2.05, 4.69) is 10.6 Å². The summed E-state index contributed by atoms with van der Waals surface area (Å²) in [6.07, 6.45) is 0. The van der Waals surface area contributed by atoms with Gasteiger partial charge in [-0.15, -0.1) is 0 Å². The van der Waals surface area contributed by atoms with Crippen LogP contribution in [-0.4, -0.2) is 19.0 Å². The van der Waals surface area contributed by atoms with E-state index in [9.17, 15) is 4.79 Å². The van der Waals surface area contributed by atoms with Gasteiger partial charge < -0.3 is 19.5 Å². The van der Waals surface area contributed by atoms with Gasteiger partial charge in [-0.05, 0) is 6.92 Å². The van der Waals surface area contributed by atoms with Gasteiger partial charge >= 0.3 is 5.75 Å². The molecule has 0 aromatic carbocycles. The van der Waals surface area contributed by atoms with Crippen molar-refractivity contribution in [3.8, 4) is 0 Å². The first kappa shape index (κ1) is 11.5. The lowest BCUT2D eigenvalue weighted by Gasteiger charge is -2.02. The van der Waals surface area contributed by atoms with E-state index in [4.69, 9.17) is 14.2 Å². The van der Waals surface area contributed by atoms with Gasteiger partial charge in [-0.2, -0.15) is 0 Å². The van der Waals surface area contributed by atoms with Crippen LogP contribution in [0.15, 0.2) is 8.83 Å². The Hall–Kier alpha value is -1.56. The van der Waals surface area contributed by atoms with Crippen LogP contribution in [0, 0.1) is 12.3 Å². The van der Waals surface area contributed by atoms with Gasteiger partial charge in [0, 0.05) is 20.0 Å². The molecule has 6 nitrogen and oxygen atoms in total. The van der Waals surface area contributed by atoms with Crippen LogP contribution in [0.1, 0.15) is 18.4 Å². The van der Waals surface area contributed by atoms with Gasteiger partial charge in [-0.25, -0.2) is 5.41 Å².